The van der Waals surface area contributed by atoms with Gasteiger partial charge >= 0.3 is 0 Å². The van der Waals surface area contributed by atoms with Crippen molar-refractivity contribution in [2.24, 2.45) is 0 Å². The Morgan fingerprint density at radius 2 is 1.78 bits per heavy atom. The van der Waals surface area contributed by atoms with Crippen LogP contribution in [-0.2, 0) is 10.3 Å². The summed E-state index contributed by atoms with van der Waals surface area (Å²) in [5.74, 6) is 1.17. The van der Waals surface area contributed by atoms with E-state index in [0.717, 1.165) is 19.3 Å². The third kappa shape index (κ3) is 2.31. The molecule has 0 aromatic heterocycles. The van der Waals surface area contributed by atoms with E-state index in [0.29, 0.717) is 0 Å². The smallest absolute Gasteiger partial charge is 0.134 e. The molecule has 98 valence electrons. The summed E-state index contributed by atoms with van der Waals surface area (Å²) in [5, 5.41) is 0. The molecule has 0 saturated carbocycles. The molecule has 0 N–H and O–H groups in total. The molecule has 1 aromatic carbocycles. The summed E-state index contributed by atoms with van der Waals surface area (Å²) in [6.07, 6.45) is 7.78. The summed E-state index contributed by atoms with van der Waals surface area (Å²) >= 11 is 0. The average Bonchev–Trinajstić information content (AvgIpc) is 2.44. The van der Waals surface area contributed by atoms with E-state index in [1.165, 1.54) is 29.7 Å². The van der Waals surface area contributed by atoms with Crippen molar-refractivity contribution in [3.05, 3.63) is 41.2 Å². The lowest BCUT2D eigenvalue weighted by molar-refractivity contribution is -0.0166. The molecular formula is C17H24O. The molecule has 0 unspecified atom stereocenters. The molecule has 0 aliphatic carbocycles. The van der Waals surface area contributed by atoms with Gasteiger partial charge in [-0.2, -0.15) is 0 Å². The molecule has 0 atom stereocenters. The Labute approximate surface area is 111 Å². The van der Waals surface area contributed by atoms with Crippen molar-refractivity contribution in [3.8, 4) is 0 Å². The highest BCUT2D eigenvalue weighted by Crippen LogP contribution is 2.42. The van der Waals surface area contributed by atoms with Gasteiger partial charge in [-0.25, -0.2) is 0 Å². The molecular weight excluding hydrogens is 220 g/mol. The first kappa shape index (κ1) is 13.2. The van der Waals surface area contributed by atoms with Gasteiger partial charge in [0.25, 0.3) is 0 Å². The van der Waals surface area contributed by atoms with Crippen molar-refractivity contribution in [3.63, 3.8) is 0 Å². The molecule has 2 rings (SSSR count). The van der Waals surface area contributed by atoms with Crippen LogP contribution in [0, 0.1) is 0 Å². The lowest BCUT2D eigenvalue weighted by atomic mass is 9.83. The summed E-state index contributed by atoms with van der Waals surface area (Å²) < 4.78 is 6.36. The van der Waals surface area contributed by atoms with E-state index >= 15 is 0 Å². The molecule has 1 aliphatic rings. The molecule has 0 bridgehead atoms. The molecule has 18 heavy (non-hydrogen) atoms. The number of benzene rings is 1. The largest absolute Gasteiger partial charge is 0.487 e. The Balaban J connectivity index is 2.39. The summed E-state index contributed by atoms with van der Waals surface area (Å²) in [7, 11) is 0. The van der Waals surface area contributed by atoms with Gasteiger partial charge in [0, 0.05) is 12.0 Å². The van der Waals surface area contributed by atoms with Crippen LogP contribution in [0.25, 0.3) is 6.08 Å². The molecule has 1 heterocycles. The minimum atomic E-state index is -0.103. The number of hydrogen-bond acceptors (Lipinski definition) is 1. The third-order valence-corrected chi connectivity index (χ3v) is 4.01. The van der Waals surface area contributed by atoms with Crippen molar-refractivity contribution in [1.82, 2.24) is 0 Å². The predicted octanol–water partition coefficient (Wildman–Crippen LogP) is 5.26. The fraction of sp³-hybridized carbons (Fsp3) is 0.529. The van der Waals surface area contributed by atoms with Crippen molar-refractivity contribution >= 4 is 6.08 Å². The molecule has 1 nitrogen and oxygen atoms in total. The maximum atomic E-state index is 6.36. The summed E-state index contributed by atoms with van der Waals surface area (Å²) in [6.45, 7) is 6.68. The van der Waals surface area contributed by atoms with Gasteiger partial charge in [-0.05, 0) is 30.9 Å². The minimum Gasteiger partial charge on any atom is -0.487 e. The molecule has 1 heteroatoms. The van der Waals surface area contributed by atoms with Crippen molar-refractivity contribution in [1.29, 1.82) is 0 Å². The summed E-state index contributed by atoms with van der Waals surface area (Å²) in [4.78, 5) is 0. The number of allylic oxidation sites excluding steroid dienone is 1. The first-order chi connectivity index (χ1) is 8.75. The second-order valence-corrected chi connectivity index (χ2v) is 5.10. The van der Waals surface area contributed by atoms with Crippen LogP contribution in [0.3, 0.4) is 0 Å². The van der Waals surface area contributed by atoms with Gasteiger partial charge in [0.2, 0.25) is 0 Å². The predicted molar refractivity (Wildman–Crippen MR) is 77.3 cm³/mol. The van der Waals surface area contributed by atoms with Gasteiger partial charge in [0.1, 0.15) is 5.60 Å². The van der Waals surface area contributed by atoms with Crippen LogP contribution < -0.4 is 0 Å². The Hall–Kier alpha value is -1.24. The van der Waals surface area contributed by atoms with Crippen LogP contribution in [0.4, 0.5) is 0 Å². The minimum absolute atomic E-state index is 0.103. The number of rotatable bonds is 5. The Morgan fingerprint density at radius 1 is 1.06 bits per heavy atom. The Kier molecular flexibility index (Phi) is 4.11. The van der Waals surface area contributed by atoms with E-state index in [2.05, 4.69) is 51.1 Å². The first-order valence-corrected chi connectivity index (χ1v) is 7.24. The highest BCUT2D eigenvalue weighted by Gasteiger charge is 2.35. The van der Waals surface area contributed by atoms with Crippen molar-refractivity contribution in [2.75, 3.05) is 0 Å². The lowest BCUT2D eigenvalue weighted by Crippen LogP contribution is -2.31. The standard InChI is InChI=1S/C17H24O/c1-4-7-11-15-13-14-10-8-9-12-16(14)17(5-2,6-3)18-15/h8-10,12-13H,4-7,11H2,1-3H3. The van der Waals surface area contributed by atoms with E-state index in [1.807, 2.05) is 0 Å². The van der Waals surface area contributed by atoms with Gasteiger partial charge in [0.05, 0.1) is 5.76 Å². The van der Waals surface area contributed by atoms with Crippen molar-refractivity contribution < 1.29 is 4.74 Å². The van der Waals surface area contributed by atoms with E-state index in [4.69, 9.17) is 4.74 Å². The van der Waals surface area contributed by atoms with E-state index in [1.54, 1.807) is 0 Å². The van der Waals surface area contributed by atoms with Crippen LogP contribution in [0.5, 0.6) is 0 Å². The summed E-state index contributed by atoms with van der Waals surface area (Å²) in [6, 6.07) is 8.67. The number of hydrogen-bond donors (Lipinski definition) is 0. The van der Waals surface area contributed by atoms with E-state index in [-0.39, 0.29) is 5.60 Å². The van der Waals surface area contributed by atoms with Crippen LogP contribution in [0.2, 0.25) is 0 Å². The zero-order valence-electron chi connectivity index (χ0n) is 11.8. The fourth-order valence-corrected chi connectivity index (χ4v) is 2.80. The third-order valence-electron chi connectivity index (χ3n) is 4.01. The second-order valence-electron chi connectivity index (χ2n) is 5.10. The summed E-state index contributed by atoms with van der Waals surface area (Å²) in [5.41, 5.74) is 2.60. The van der Waals surface area contributed by atoms with Gasteiger partial charge in [-0.1, -0.05) is 51.5 Å². The molecule has 0 saturated heterocycles. The van der Waals surface area contributed by atoms with Gasteiger partial charge < -0.3 is 4.74 Å². The zero-order chi connectivity index (χ0) is 13.0. The Bertz CT molecular complexity index is 427. The molecule has 0 radical (unpaired) electrons. The zero-order valence-corrected chi connectivity index (χ0v) is 11.8. The number of unbranched alkanes of at least 4 members (excludes halogenated alkanes) is 1. The first-order valence-electron chi connectivity index (χ1n) is 7.24. The maximum absolute atomic E-state index is 6.36. The highest BCUT2D eigenvalue weighted by molar-refractivity contribution is 5.59. The van der Waals surface area contributed by atoms with Crippen LogP contribution >= 0.6 is 0 Å². The fourth-order valence-electron chi connectivity index (χ4n) is 2.80. The normalized spacial score (nSPS) is 16.7. The highest BCUT2D eigenvalue weighted by atomic mass is 16.5. The van der Waals surface area contributed by atoms with Gasteiger partial charge in [-0.3, -0.25) is 0 Å². The monoisotopic (exact) mass is 244 g/mol. The molecule has 0 fully saturated rings. The van der Waals surface area contributed by atoms with Crippen molar-refractivity contribution in [2.45, 2.75) is 58.5 Å². The topological polar surface area (TPSA) is 9.23 Å². The van der Waals surface area contributed by atoms with Crippen LogP contribution in [0.15, 0.2) is 30.0 Å². The average molecular weight is 244 g/mol. The van der Waals surface area contributed by atoms with Crippen LogP contribution in [-0.4, -0.2) is 0 Å². The van der Waals surface area contributed by atoms with Crippen LogP contribution in [0.1, 0.15) is 64.0 Å². The second kappa shape index (κ2) is 5.60. The van der Waals surface area contributed by atoms with E-state index < -0.39 is 0 Å². The SMILES string of the molecule is CCCCC1=Cc2ccccc2C(CC)(CC)O1. The molecule has 0 amide bonds. The lowest BCUT2D eigenvalue weighted by Gasteiger charge is -2.38. The maximum Gasteiger partial charge on any atom is 0.134 e. The van der Waals surface area contributed by atoms with Gasteiger partial charge in [-0.15, -0.1) is 0 Å². The number of ether oxygens (including phenoxy) is 1. The molecule has 1 aromatic rings. The quantitative estimate of drug-likeness (QED) is 0.686. The molecule has 1 aliphatic heterocycles. The molecule has 0 spiro atoms. The van der Waals surface area contributed by atoms with Gasteiger partial charge in [0.15, 0.2) is 0 Å². The Morgan fingerprint density at radius 3 is 2.44 bits per heavy atom. The number of fused-ring (bicyclic) bond motifs is 1. The van der Waals surface area contributed by atoms with E-state index in [9.17, 15) is 0 Å².